The lowest BCUT2D eigenvalue weighted by molar-refractivity contribution is 0.102. The highest BCUT2D eigenvalue weighted by Gasteiger charge is 2.26. The van der Waals surface area contributed by atoms with E-state index in [9.17, 15) is 4.79 Å². The van der Waals surface area contributed by atoms with Gasteiger partial charge in [-0.3, -0.25) is 4.79 Å². The molecule has 0 spiro atoms. The van der Waals surface area contributed by atoms with Crippen molar-refractivity contribution in [3.63, 3.8) is 0 Å². The molecule has 2 heterocycles. The number of nitrogens with two attached hydrogens (primary N) is 1. The van der Waals surface area contributed by atoms with Crippen LogP contribution in [0, 0.1) is 5.92 Å². The lowest BCUT2D eigenvalue weighted by Crippen LogP contribution is -2.34. The second-order valence-electron chi connectivity index (χ2n) is 4.85. The van der Waals surface area contributed by atoms with Crippen LogP contribution in [0.4, 0.5) is 10.7 Å². The Labute approximate surface area is 117 Å². The number of Topliss-reactive ketones (excluding diaryl/α,β-unsaturated/α-hetero) is 1. The van der Waals surface area contributed by atoms with E-state index in [1.165, 1.54) is 18.3 Å². The number of carbonyl (C=O) groups excluding carboxylic acids is 1. The number of aliphatic hydroxyl groups is 1. The van der Waals surface area contributed by atoms with Crippen LogP contribution in [-0.4, -0.2) is 37.7 Å². The first-order chi connectivity index (χ1) is 9.08. The maximum Gasteiger partial charge on any atom is 0.177 e. The summed E-state index contributed by atoms with van der Waals surface area (Å²) in [6.45, 7) is 3.48. The van der Waals surface area contributed by atoms with Gasteiger partial charge in [0.25, 0.3) is 0 Å². The fourth-order valence-corrected chi connectivity index (χ4v) is 3.54. The average Bonchev–Trinajstić information content (AvgIpc) is 2.76. The summed E-state index contributed by atoms with van der Waals surface area (Å²) in [6.07, 6.45) is 1.90. The summed E-state index contributed by atoms with van der Waals surface area (Å²) in [5, 5.41) is 10.1. The van der Waals surface area contributed by atoms with Crippen LogP contribution in [0.2, 0.25) is 0 Å². The van der Waals surface area contributed by atoms with Crippen LogP contribution in [-0.2, 0) is 0 Å². The van der Waals surface area contributed by atoms with Crippen molar-refractivity contribution >= 4 is 27.8 Å². The molecule has 0 aromatic carbocycles. The maximum atomic E-state index is 11.6. The van der Waals surface area contributed by atoms with Crippen LogP contribution in [0.5, 0.6) is 5.75 Å². The maximum absolute atomic E-state index is 11.6. The molecule has 1 aromatic heterocycles. The third-order valence-corrected chi connectivity index (χ3v) is 4.91. The summed E-state index contributed by atoms with van der Waals surface area (Å²) in [7, 11) is 1.58. The van der Waals surface area contributed by atoms with Gasteiger partial charge in [0.15, 0.2) is 11.5 Å². The Kier molecular flexibility index (Phi) is 4.31. The highest BCUT2D eigenvalue weighted by atomic mass is 32.1. The number of ether oxygens (including phenoxy) is 1. The van der Waals surface area contributed by atoms with E-state index in [-0.39, 0.29) is 12.4 Å². The van der Waals surface area contributed by atoms with Gasteiger partial charge >= 0.3 is 0 Å². The first-order valence-electron chi connectivity index (χ1n) is 6.41. The lowest BCUT2D eigenvalue weighted by atomic mass is 9.98. The monoisotopic (exact) mass is 284 g/mol. The Morgan fingerprint density at radius 1 is 1.53 bits per heavy atom. The van der Waals surface area contributed by atoms with E-state index < -0.39 is 0 Å². The summed E-state index contributed by atoms with van der Waals surface area (Å²) in [5.74, 6) is 0.960. The predicted octanol–water partition coefficient (Wildman–Crippen LogP) is 1.75. The van der Waals surface area contributed by atoms with Crippen LogP contribution in [0.3, 0.4) is 0 Å². The number of anilines is 2. The largest absolute Gasteiger partial charge is 0.492 e. The number of nitrogens with zero attached hydrogens (tertiary/aromatic N) is 1. The number of aliphatic hydroxyl groups excluding tert-OH is 1. The molecule has 19 heavy (non-hydrogen) atoms. The van der Waals surface area contributed by atoms with E-state index in [0.29, 0.717) is 22.2 Å². The number of methoxy groups -OCH3 is 1. The normalized spacial score (nSPS) is 16.7. The van der Waals surface area contributed by atoms with Crippen molar-refractivity contribution in [1.29, 1.82) is 0 Å². The van der Waals surface area contributed by atoms with Crippen molar-refractivity contribution < 1.29 is 14.6 Å². The lowest BCUT2D eigenvalue weighted by Gasteiger charge is -2.32. The third kappa shape index (κ3) is 2.69. The number of hydrogen-bond acceptors (Lipinski definition) is 6. The zero-order chi connectivity index (χ0) is 14.0. The van der Waals surface area contributed by atoms with Crippen molar-refractivity contribution in [3.8, 4) is 5.75 Å². The molecule has 0 bridgehead atoms. The molecular weight excluding hydrogens is 264 g/mol. The molecule has 0 saturated carbocycles. The van der Waals surface area contributed by atoms with Gasteiger partial charge in [-0.15, -0.1) is 11.3 Å². The van der Waals surface area contributed by atoms with Gasteiger partial charge in [-0.2, -0.15) is 0 Å². The second-order valence-corrected chi connectivity index (χ2v) is 5.85. The fraction of sp³-hybridized carbons (Fsp3) is 0.615. The quantitative estimate of drug-likeness (QED) is 0.824. The summed E-state index contributed by atoms with van der Waals surface area (Å²) < 4.78 is 5.36. The van der Waals surface area contributed by atoms with Gasteiger partial charge in [-0.05, 0) is 18.8 Å². The van der Waals surface area contributed by atoms with E-state index >= 15 is 0 Å². The van der Waals surface area contributed by atoms with Crippen molar-refractivity contribution in [2.45, 2.75) is 19.8 Å². The summed E-state index contributed by atoms with van der Waals surface area (Å²) in [6, 6.07) is 0. The Bertz CT molecular complexity index is 465. The Morgan fingerprint density at radius 3 is 2.63 bits per heavy atom. The van der Waals surface area contributed by atoms with E-state index in [2.05, 4.69) is 4.90 Å². The highest BCUT2D eigenvalue weighted by Crippen LogP contribution is 2.45. The molecule has 1 aliphatic heterocycles. The standard InChI is InChI=1S/C13H20N2O3S/c1-8(17)12-10(14)11(18-2)13(19-12)15-5-3-9(7-16)4-6-15/h9,16H,3-7,14H2,1-2H3. The molecule has 5 nitrogen and oxygen atoms in total. The minimum atomic E-state index is -0.0303. The van der Waals surface area contributed by atoms with Gasteiger partial charge in [0.1, 0.15) is 5.00 Å². The number of nitrogen functional groups attached to an aromatic ring is 1. The molecule has 106 valence electrons. The van der Waals surface area contributed by atoms with Crippen LogP contribution in [0.15, 0.2) is 0 Å². The molecule has 3 N–H and O–H groups in total. The molecule has 1 aromatic rings. The molecule has 1 aliphatic rings. The van der Waals surface area contributed by atoms with E-state index in [1.807, 2.05) is 0 Å². The topological polar surface area (TPSA) is 75.8 Å². The van der Waals surface area contributed by atoms with Gasteiger partial charge in [0, 0.05) is 26.6 Å². The molecule has 1 saturated heterocycles. The van der Waals surface area contributed by atoms with Crippen LogP contribution >= 0.6 is 11.3 Å². The molecule has 0 aliphatic carbocycles. The first-order valence-corrected chi connectivity index (χ1v) is 7.23. The van der Waals surface area contributed by atoms with Crippen molar-refractivity contribution in [2.24, 2.45) is 5.92 Å². The van der Waals surface area contributed by atoms with Gasteiger partial charge in [-0.1, -0.05) is 0 Å². The van der Waals surface area contributed by atoms with E-state index in [1.54, 1.807) is 7.11 Å². The number of carbonyl (C=O) groups is 1. The Morgan fingerprint density at radius 2 is 2.16 bits per heavy atom. The zero-order valence-electron chi connectivity index (χ0n) is 11.3. The molecule has 0 radical (unpaired) electrons. The van der Waals surface area contributed by atoms with Gasteiger partial charge in [-0.25, -0.2) is 0 Å². The summed E-state index contributed by atoms with van der Waals surface area (Å²) >= 11 is 1.40. The molecule has 0 atom stereocenters. The number of hydrogen-bond donors (Lipinski definition) is 2. The number of piperidine rings is 1. The molecule has 6 heteroatoms. The fourth-order valence-electron chi connectivity index (χ4n) is 2.40. The van der Waals surface area contributed by atoms with Gasteiger partial charge in [0.05, 0.1) is 17.7 Å². The number of thiophene rings is 1. The first kappa shape index (κ1) is 14.1. The molecule has 0 amide bonds. The van der Waals surface area contributed by atoms with E-state index in [0.717, 1.165) is 30.9 Å². The Hall–Kier alpha value is -1.27. The average molecular weight is 284 g/mol. The zero-order valence-corrected chi connectivity index (χ0v) is 12.1. The number of ketones is 1. The van der Waals surface area contributed by atoms with Crippen LogP contribution in [0.25, 0.3) is 0 Å². The Balaban J connectivity index is 2.25. The SMILES string of the molecule is COc1c(N2CCC(CO)CC2)sc(C(C)=O)c1N. The van der Waals surface area contributed by atoms with Crippen molar-refractivity contribution in [1.82, 2.24) is 0 Å². The van der Waals surface area contributed by atoms with Crippen molar-refractivity contribution in [3.05, 3.63) is 4.88 Å². The summed E-state index contributed by atoms with van der Waals surface area (Å²) in [4.78, 5) is 14.3. The summed E-state index contributed by atoms with van der Waals surface area (Å²) in [5.41, 5.74) is 6.42. The van der Waals surface area contributed by atoms with Crippen molar-refractivity contribution in [2.75, 3.05) is 37.4 Å². The molecular formula is C13H20N2O3S. The molecule has 0 unspecified atom stereocenters. The van der Waals surface area contributed by atoms with Gasteiger partial charge < -0.3 is 20.5 Å². The minimum absolute atomic E-state index is 0.0303. The minimum Gasteiger partial charge on any atom is -0.492 e. The third-order valence-electron chi connectivity index (χ3n) is 3.57. The van der Waals surface area contributed by atoms with Crippen LogP contribution < -0.4 is 15.4 Å². The smallest absolute Gasteiger partial charge is 0.177 e. The number of rotatable bonds is 4. The van der Waals surface area contributed by atoms with Crippen LogP contribution in [0.1, 0.15) is 29.4 Å². The molecule has 1 fully saturated rings. The predicted molar refractivity (Wildman–Crippen MR) is 77.3 cm³/mol. The second kappa shape index (κ2) is 5.79. The van der Waals surface area contributed by atoms with E-state index in [4.69, 9.17) is 15.6 Å². The molecule has 2 rings (SSSR count). The highest BCUT2D eigenvalue weighted by molar-refractivity contribution is 7.19. The van der Waals surface area contributed by atoms with Gasteiger partial charge in [0.2, 0.25) is 0 Å².